The van der Waals surface area contributed by atoms with Gasteiger partial charge in [0.2, 0.25) is 5.91 Å². The second kappa shape index (κ2) is 12.7. The van der Waals surface area contributed by atoms with E-state index in [4.69, 9.17) is 24.5 Å². The van der Waals surface area contributed by atoms with Gasteiger partial charge in [-0.3, -0.25) is 4.79 Å². The van der Waals surface area contributed by atoms with E-state index < -0.39 is 29.6 Å². The topological polar surface area (TPSA) is 142 Å². The molecule has 1 atom stereocenters. The number of aliphatic carboxylic acids is 2. The van der Waals surface area contributed by atoms with Crippen LogP contribution in [0.25, 0.3) is 0 Å². The van der Waals surface area contributed by atoms with E-state index >= 15 is 0 Å². The van der Waals surface area contributed by atoms with Crippen molar-refractivity contribution in [3.8, 4) is 0 Å². The molecule has 1 amide bonds. The van der Waals surface area contributed by atoms with E-state index in [9.17, 15) is 9.59 Å². The molecule has 188 valence electrons. The molecule has 0 spiro atoms. The molecule has 0 aliphatic heterocycles. The summed E-state index contributed by atoms with van der Waals surface area (Å²) >= 11 is 0. The van der Waals surface area contributed by atoms with Crippen molar-refractivity contribution in [2.24, 2.45) is 0 Å². The maximum atomic E-state index is 12.7. The molecule has 0 fully saturated rings. The quantitative estimate of drug-likeness (QED) is 0.345. The molecule has 35 heavy (non-hydrogen) atoms. The highest BCUT2D eigenvalue weighted by molar-refractivity contribution is 6.27. The van der Waals surface area contributed by atoms with Crippen LogP contribution in [0.2, 0.25) is 0 Å². The van der Waals surface area contributed by atoms with Crippen LogP contribution in [0.5, 0.6) is 0 Å². The fourth-order valence-corrected chi connectivity index (χ4v) is 3.60. The maximum Gasteiger partial charge on any atom is 0.414 e. The van der Waals surface area contributed by atoms with Gasteiger partial charge in [0, 0.05) is 12.5 Å². The molecular weight excluding hydrogens is 452 g/mol. The first-order valence-electron chi connectivity index (χ1n) is 11.3. The van der Waals surface area contributed by atoms with Gasteiger partial charge in [-0.2, -0.15) is 0 Å². The van der Waals surface area contributed by atoms with Gasteiger partial charge in [-0.1, -0.05) is 54.6 Å². The van der Waals surface area contributed by atoms with Crippen molar-refractivity contribution < 1.29 is 34.1 Å². The smallest absolute Gasteiger partial charge is 0.414 e. The number of nitrogens with one attached hydrogen (secondary N) is 2. The zero-order chi connectivity index (χ0) is 26.0. The number of carboxylic acids is 2. The molecule has 1 aliphatic carbocycles. The summed E-state index contributed by atoms with van der Waals surface area (Å²) in [7, 11) is 0. The molecule has 2 aromatic rings. The molecular formula is C26H32N2O7. The molecule has 9 nitrogen and oxygen atoms in total. The number of carbonyl (C=O) groups excluding carboxylic acids is 2. The second-order valence-corrected chi connectivity index (χ2v) is 9.21. The number of carbonyl (C=O) groups is 4. The Morgan fingerprint density at radius 2 is 1.43 bits per heavy atom. The Labute approximate surface area is 204 Å². The Kier molecular flexibility index (Phi) is 9.96. The first kappa shape index (κ1) is 27.5. The fraction of sp³-hybridized carbons (Fsp3) is 0.385. The molecule has 3 rings (SSSR count). The van der Waals surface area contributed by atoms with Gasteiger partial charge < -0.3 is 25.6 Å². The average Bonchev–Trinajstić information content (AvgIpc) is 3.20. The second-order valence-electron chi connectivity index (χ2n) is 9.21. The molecule has 0 saturated carbocycles. The van der Waals surface area contributed by atoms with Crippen molar-refractivity contribution in [2.45, 2.75) is 57.7 Å². The predicted molar refractivity (Wildman–Crippen MR) is 129 cm³/mol. The van der Waals surface area contributed by atoms with Crippen molar-refractivity contribution in [1.82, 2.24) is 10.6 Å². The third-order valence-electron chi connectivity index (χ3n) is 5.09. The molecule has 2 aromatic carbocycles. The molecule has 0 unspecified atom stereocenters. The van der Waals surface area contributed by atoms with Gasteiger partial charge in [0.1, 0.15) is 11.6 Å². The molecule has 0 bridgehead atoms. The standard InChI is InChI=1S/C24H30N2O3.C2H2O4/c1-24(2,3)29-23(28)21(13-17-9-5-4-6-10-17)26-22(27)16-25-20-14-18-11-7-8-12-19(18)15-20;3-1(4)2(5)6/h4-12,20-21,25H,13-16H2,1-3H3,(H,26,27);(H,3,4)(H,5,6)/t21-;/m0./s1. The van der Waals surface area contributed by atoms with Crippen molar-refractivity contribution in [1.29, 1.82) is 0 Å². The molecule has 0 heterocycles. The number of ether oxygens (including phenoxy) is 1. The molecule has 1 aliphatic rings. The van der Waals surface area contributed by atoms with Crippen LogP contribution in [-0.2, 0) is 43.2 Å². The van der Waals surface area contributed by atoms with Crippen LogP contribution in [0.4, 0.5) is 0 Å². The summed E-state index contributed by atoms with van der Waals surface area (Å²) in [5.74, 6) is -4.26. The van der Waals surface area contributed by atoms with Gasteiger partial charge >= 0.3 is 17.9 Å². The highest BCUT2D eigenvalue weighted by Crippen LogP contribution is 2.21. The number of amides is 1. The lowest BCUT2D eigenvalue weighted by atomic mass is 10.1. The number of carboxylic acid groups (broad SMARTS) is 2. The van der Waals surface area contributed by atoms with Crippen LogP contribution >= 0.6 is 0 Å². The zero-order valence-electron chi connectivity index (χ0n) is 20.1. The lowest BCUT2D eigenvalue weighted by Crippen LogP contribution is -2.49. The summed E-state index contributed by atoms with van der Waals surface area (Å²) in [6, 6.07) is 17.5. The van der Waals surface area contributed by atoms with Crippen LogP contribution in [0.3, 0.4) is 0 Å². The van der Waals surface area contributed by atoms with Crippen molar-refractivity contribution >= 4 is 23.8 Å². The number of fused-ring (bicyclic) bond motifs is 1. The monoisotopic (exact) mass is 484 g/mol. The van der Waals surface area contributed by atoms with E-state index in [2.05, 4.69) is 22.8 Å². The number of hydrogen-bond acceptors (Lipinski definition) is 6. The molecule has 0 radical (unpaired) electrons. The van der Waals surface area contributed by atoms with Crippen molar-refractivity contribution in [2.75, 3.05) is 6.54 Å². The number of esters is 1. The third-order valence-corrected chi connectivity index (χ3v) is 5.09. The molecule has 4 N–H and O–H groups in total. The van der Waals surface area contributed by atoms with Gasteiger partial charge in [-0.05, 0) is 50.3 Å². The van der Waals surface area contributed by atoms with Crippen molar-refractivity contribution in [3.63, 3.8) is 0 Å². The summed E-state index contributed by atoms with van der Waals surface area (Å²) in [5.41, 5.74) is 3.04. The summed E-state index contributed by atoms with van der Waals surface area (Å²) in [5, 5.41) is 21.0. The van der Waals surface area contributed by atoms with E-state index in [1.807, 2.05) is 63.2 Å². The number of benzene rings is 2. The summed E-state index contributed by atoms with van der Waals surface area (Å²) in [6.07, 6.45) is 2.24. The highest BCUT2D eigenvalue weighted by atomic mass is 16.6. The number of rotatable bonds is 7. The Bertz CT molecular complexity index is 994. The third kappa shape index (κ3) is 9.97. The highest BCUT2D eigenvalue weighted by Gasteiger charge is 2.27. The predicted octanol–water partition coefficient (Wildman–Crippen LogP) is 1.97. The molecule has 9 heteroatoms. The van der Waals surface area contributed by atoms with Gasteiger partial charge in [0.25, 0.3) is 0 Å². The minimum Gasteiger partial charge on any atom is -0.473 e. The average molecular weight is 485 g/mol. The summed E-state index contributed by atoms with van der Waals surface area (Å²) in [6.45, 7) is 5.65. The Morgan fingerprint density at radius 3 is 1.91 bits per heavy atom. The molecule has 0 saturated heterocycles. The van der Waals surface area contributed by atoms with E-state index in [1.54, 1.807) is 0 Å². The van der Waals surface area contributed by atoms with Crippen LogP contribution in [0.15, 0.2) is 54.6 Å². The first-order valence-corrected chi connectivity index (χ1v) is 11.3. The van der Waals surface area contributed by atoms with E-state index in [0.717, 1.165) is 18.4 Å². The van der Waals surface area contributed by atoms with Crippen LogP contribution in [0.1, 0.15) is 37.5 Å². The fourth-order valence-electron chi connectivity index (χ4n) is 3.60. The maximum absolute atomic E-state index is 12.7. The first-order chi connectivity index (χ1) is 16.4. The SMILES string of the molecule is CC(C)(C)OC(=O)[C@H](Cc1ccccc1)NC(=O)CNC1Cc2ccccc2C1.O=C(O)C(=O)O. The van der Waals surface area contributed by atoms with E-state index in [-0.39, 0.29) is 18.5 Å². The largest absolute Gasteiger partial charge is 0.473 e. The minimum absolute atomic E-state index is 0.173. The van der Waals surface area contributed by atoms with Gasteiger partial charge in [-0.15, -0.1) is 0 Å². The van der Waals surface area contributed by atoms with Gasteiger partial charge in [0.15, 0.2) is 0 Å². The van der Waals surface area contributed by atoms with Gasteiger partial charge in [-0.25, -0.2) is 14.4 Å². The van der Waals surface area contributed by atoms with Crippen LogP contribution in [-0.4, -0.2) is 58.3 Å². The zero-order valence-corrected chi connectivity index (χ0v) is 20.1. The summed E-state index contributed by atoms with van der Waals surface area (Å²) < 4.78 is 5.52. The Hall–Kier alpha value is -3.72. The summed E-state index contributed by atoms with van der Waals surface area (Å²) in [4.78, 5) is 43.4. The lowest BCUT2D eigenvalue weighted by Gasteiger charge is -2.25. The Balaban J connectivity index is 0.000000641. The van der Waals surface area contributed by atoms with Crippen LogP contribution < -0.4 is 10.6 Å². The van der Waals surface area contributed by atoms with E-state index in [1.165, 1.54) is 11.1 Å². The van der Waals surface area contributed by atoms with E-state index in [0.29, 0.717) is 6.42 Å². The number of hydrogen-bond donors (Lipinski definition) is 4. The van der Waals surface area contributed by atoms with Gasteiger partial charge in [0.05, 0.1) is 6.54 Å². The van der Waals surface area contributed by atoms with Crippen LogP contribution in [0, 0.1) is 0 Å². The lowest BCUT2D eigenvalue weighted by molar-refractivity contribution is -0.159. The normalized spacial score (nSPS) is 13.6. The molecule has 0 aromatic heterocycles. The Morgan fingerprint density at radius 1 is 0.914 bits per heavy atom. The minimum atomic E-state index is -1.82. The van der Waals surface area contributed by atoms with Crippen molar-refractivity contribution in [3.05, 3.63) is 71.3 Å².